The van der Waals surface area contributed by atoms with Crippen LogP contribution in [0.15, 0.2) is 42.7 Å². The highest BCUT2D eigenvalue weighted by atomic mass is 28.3. The normalized spacial score (nSPS) is 11.9. The lowest BCUT2D eigenvalue weighted by Crippen LogP contribution is -2.22. The van der Waals surface area contributed by atoms with E-state index in [1.54, 1.807) is 41.3 Å². The van der Waals surface area contributed by atoms with Gasteiger partial charge in [-0.25, -0.2) is 4.98 Å². The van der Waals surface area contributed by atoms with E-state index in [0.29, 0.717) is 23.7 Å². The zero-order valence-electron chi connectivity index (χ0n) is 18.8. The summed E-state index contributed by atoms with van der Waals surface area (Å²) in [5.74, 6) is 0.149. The fourth-order valence-electron chi connectivity index (χ4n) is 3.51. The average Bonchev–Trinajstić information content (AvgIpc) is 3.30. The third kappa shape index (κ3) is 4.63. The summed E-state index contributed by atoms with van der Waals surface area (Å²) in [5, 5.41) is 8.77. The number of aromatic nitrogens is 4. The molecule has 0 radical (unpaired) electrons. The first-order chi connectivity index (χ1) is 15.2. The summed E-state index contributed by atoms with van der Waals surface area (Å²) in [6.07, 6.45) is 4.19. The van der Waals surface area contributed by atoms with Gasteiger partial charge in [0.1, 0.15) is 12.5 Å². The van der Waals surface area contributed by atoms with Crippen LogP contribution in [0.25, 0.3) is 21.8 Å². The lowest BCUT2D eigenvalue weighted by molar-refractivity contribution is 0.0863. The van der Waals surface area contributed by atoms with Crippen LogP contribution in [-0.4, -0.2) is 46.2 Å². The van der Waals surface area contributed by atoms with Gasteiger partial charge in [-0.1, -0.05) is 19.6 Å². The van der Waals surface area contributed by atoms with Crippen molar-refractivity contribution in [3.8, 4) is 0 Å². The summed E-state index contributed by atoms with van der Waals surface area (Å²) in [4.78, 5) is 28.7. The molecule has 3 aromatic heterocycles. The number of nitrogens with one attached hydrogen (secondary N) is 1. The molecule has 8 nitrogen and oxygen atoms in total. The molecule has 0 saturated heterocycles. The quantitative estimate of drug-likeness (QED) is 0.246. The van der Waals surface area contributed by atoms with E-state index in [-0.39, 0.29) is 12.6 Å². The number of pyridine rings is 1. The topological polar surface area (TPSA) is 91.0 Å². The molecule has 0 atom stereocenters. The minimum atomic E-state index is -1.20. The number of benzene rings is 1. The zero-order valence-corrected chi connectivity index (χ0v) is 19.8. The molecule has 166 valence electrons. The molecule has 32 heavy (non-hydrogen) atoms. The fraction of sp³-hybridized carbons (Fsp3) is 0.304. The SMILES string of the molecule is Cn1ncc2cc(C(=O)Nc3cc4c(cn3)cc(C=O)n4COCC[Si](C)(C)C)ccc21. The van der Waals surface area contributed by atoms with Gasteiger partial charge in [-0.3, -0.25) is 14.3 Å². The number of hydrogen-bond donors (Lipinski definition) is 1. The summed E-state index contributed by atoms with van der Waals surface area (Å²) < 4.78 is 9.43. The van der Waals surface area contributed by atoms with Crippen LogP contribution in [-0.2, 0) is 18.5 Å². The second-order valence-corrected chi connectivity index (χ2v) is 14.7. The highest BCUT2D eigenvalue weighted by molar-refractivity contribution is 6.76. The van der Waals surface area contributed by atoms with Gasteiger partial charge in [0.2, 0.25) is 0 Å². The molecule has 0 aliphatic rings. The van der Waals surface area contributed by atoms with Crippen molar-refractivity contribution >= 4 is 47.9 Å². The molecule has 9 heteroatoms. The van der Waals surface area contributed by atoms with Crippen LogP contribution in [0.2, 0.25) is 25.7 Å². The molecule has 0 spiro atoms. The largest absolute Gasteiger partial charge is 0.361 e. The number of anilines is 1. The molecule has 3 heterocycles. The second kappa shape index (κ2) is 8.68. The van der Waals surface area contributed by atoms with E-state index < -0.39 is 8.07 Å². The number of ether oxygens (including phenoxy) is 1. The van der Waals surface area contributed by atoms with Crippen LogP contribution < -0.4 is 5.32 Å². The zero-order chi connectivity index (χ0) is 22.9. The number of nitrogens with zero attached hydrogens (tertiary/aromatic N) is 4. The Bertz CT molecular complexity index is 1300. The Balaban J connectivity index is 1.54. The number of carbonyl (C=O) groups is 2. The van der Waals surface area contributed by atoms with Crippen LogP contribution in [0.1, 0.15) is 20.8 Å². The Morgan fingerprint density at radius 3 is 2.66 bits per heavy atom. The van der Waals surface area contributed by atoms with Crippen molar-refractivity contribution in [2.24, 2.45) is 7.05 Å². The molecule has 0 bridgehead atoms. The first-order valence-corrected chi connectivity index (χ1v) is 14.2. The molecule has 4 aromatic rings. The highest BCUT2D eigenvalue weighted by Gasteiger charge is 2.15. The fourth-order valence-corrected chi connectivity index (χ4v) is 4.27. The molecule has 1 aromatic carbocycles. The lowest BCUT2D eigenvalue weighted by atomic mass is 10.1. The molecule has 1 amide bonds. The van der Waals surface area contributed by atoms with E-state index in [0.717, 1.165) is 34.1 Å². The van der Waals surface area contributed by atoms with E-state index in [1.165, 1.54) is 0 Å². The first-order valence-electron chi connectivity index (χ1n) is 10.5. The number of amides is 1. The monoisotopic (exact) mass is 449 g/mol. The maximum absolute atomic E-state index is 12.8. The average molecular weight is 450 g/mol. The van der Waals surface area contributed by atoms with Crippen molar-refractivity contribution < 1.29 is 14.3 Å². The van der Waals surface area contributed by atoms with E-state index in [9.17, 15) is 9.59 Å². The molecule has 0 fully saturated rings. The van der Waals surface area contributed by atoms with E-state index in [1.807, 2.05) is 17.7 Å². The van der Waals surface area contributed by atoms with E-state index >= 15 is 0 Å². The molecule has 0 aliphatic carbocycles. The van der Waals surface area contributed by atoms with E-state index in [2.05, 4.69) is 35.0 Å². The Hall–Kier alpha value is -3.30. The Morgan fingerprint density at radius 2 is 1.91 bits per heavy atom. The molecular formula is C23H27N5O3Si. The van der Waals surface area contributed by atoms with Gasteiger partial charge in [-0.05, 0) is 30.3 Å². The molecule has 4 rings (SSSR count). The van der Waals surface area contributed by atoms with Crippen molar-refractivity contribution in [2.75, 3.05) is 11.9 Å². The van der Waals surface area contributed by atoms with Gasteiger partial charge in [0.15, 0.2) is 6.29 Å². The molecule has 0 aliphatic heterocycles. The van der Waals surface area contributed by atoms with Crippen molar-refractivity contribution in [2.45, 2.75) is 32.4 Å². The van der Waals surface area contributed by atoms with Crippen LogP contribution in [0.4, 0.5) is 5.82 Å². The number of carbonyl (C=O) groups excluding carboxylic acids is 2. The van der Waals surface area contributed by atoms with Gasteiger partial charge in [0, 0.05) is 50.3 Å². The van der Waals surface area contributed by atoms with Gasteiger partial charge >= 0.3 is 0 Å². The Kier molecular flexibility index (Phi) is 5.94. The first kappa shape index (κ1) is 21.9. The third-order valence-corrected chi connectivity index (χ3v) is 7.11. The lowest BCUT2D eigenvalue weighted by Gasteiger charge is -2.16. The maximum Gasteiger partial charge on any atom is 0.256 e. The Morgan fingerprint density at radius 1 is 1.12 bits per heavy atom. The smallest absolute Gasteiger partial charge is 0.256 e. The predicted molar refractivity (Wildman–Crippen MR) is 128 cm³/mol. The minimum Gasteiger partial charge on any atom is -0.361 e. The van der Waals surface area contributed by atoms with Crippen molar-refractivity contribution in [3.63, 3.8) is 0 Å². The van der Waals surface area contributed by atoms with E-state index in [4.69, 9.17) is 4.74 Å². The molecule has 0 unspecified atom stereocenters. The van der Waals surface area contributed by atoms with Gasteiger partial charge < -0.3 is 14.6 Å². The summed E-state index contributed by atoms with van der Waals surface area (Å²) in [7, 11) is 0.663. The molecule has 1 N–H and O–H groups in total. The van der Waals surface area contributed by atoms with Crippen LogP contribution in [0.3, 0.4) is 0 Å². The van der Waals surface area contributed by atoms with Gasteiger partial charge in [-0.15, -0.1) is 0 Å². The molecule has 0 saturated carbocycles. The summed E-state index contributed by atoms with van der Waals surface area (Å²) in [6, 6.07) is 10.0. The van der Waals surface area contributed by atoms with Gasteiger partial charge in [-0.2, -0.15) is 5.10 Å². The standard InChI is InChI=1S/C23H27N5O3Si/c1-27-20-6-5-16(9-17(20)13-25-27)23(30)26-22-11-21-18(12-24-22)10-19(14-29)28(21)15-31-7-8-32(2,3)4/h5-6,9-14H,7-8,15H2,1-4H3,(H,24,26,30). The van der Waals surface area contributed by atoms with Crippen LogP contribution >= 0.6 is 0 Å². The van der Waals surface area contributed by atoms with Crippen LogP contribution in [0, 0.1) is 0 Å². The van der Waals surface area contributed by atoms with Crippen molar-refractivity contribution in [3.05, 3.63) is 54.0 Å². The van der Waals surface area contributed by atoms with Gasteiger partial charge in [0.25, 0.3) is 5.91 Å². The molecular weight excluding hydrogens is 422 g/mol. The van der Waals surface area contributed by atoms with Crippen molar-refractivity contribution in [1.29, 1.82) is 0 Å². The number of hydrogen-bond acceptors (Lipinski definition) is 5. The van der Waals surface area contributed by atoms with Crippen molar-refractivity contribution in [1.82, 2.24) is 19.3 Å². The highest BCUT2D eigenvalue weighted by Crippen LogP contribution is 2.22. The number of aryl methyl sites for hydroxylation is 1. The second-order valence-electron chi connectivity index (χ2n) is 9.09. The minimum absolute atomic E-state index is 0.261. The summed E-state index contributed by atoms with van der Waals surface area (Å²) >= 11 is 0. The third-order valence-electron chi connectivity index (χ3n) is 5.41. The summed E-state index contributed by atoms with van der Waals surface area (Å²) in [6.45, 7) is 7.82. The van der Waals surface area contributed by atoms with Crippen LogP contribution in [0.5, 0.6) is 0 Å². The maximum atomic E-state index is 12.8. The Labute approximate surface area is 187 Å². The van der Waals surface area contributed by atoms with Gasteiger partial charge in [0.05, 0.1) is 22.9 Å². The number of fused-ring (bicyclic) bond motifs is 2. The summed E-state index contributed by atoms with van der Waals surface area (Å²) in [5.41, 5.74) is 2.77. The number of rotatable bonds is 8. The predicted octanol–water partition coefficient (Wildman–Crippen LogP) is 4.30. The number of aldehydes is 1.